The number of aryl methyl sites for hydroxylation is 1. The number of rotatable bonds is 8. The summed E-state index contributed by atoms with van der Waals surface area (Å²) in [5.41, 5.74) is 0.887. The first-order valence-electron chi connectivity index (χ1n) is 7.21. The first-order valence-corrected chi connectivity index (χ1v) is 8.76. The van der Waals surface area contributed by atoms with Crippen molar-refractivity contribution in [1.29, 1.82) is 0 Å². The predicted octanol–water partition coefficient (Wildman–Crippen LogP) is 3.49. The summed E-state index contributed by atoms with van der Waals surface area (Å²) in [6.45, 7) is 6.48. The van der Waals surface area contributed by atoms with Crippen molar-refractivity contribution in [3.8, 4) is 0 Å². The van der Waals surface area contributed by atoms with Crippen LogP contribution in [0.25, 0.3) is 0 Å². The lowest BCUT2D eigenvalue weighted by molar-refractivity contribution is 0.230. The van der Waals surface area contributed by atoms with E-state index in [0.29, 0.717) is 30.9 Å². The molecule has 0 amide bonds. The molecule has 0 saturated heterocycles. The van der Waals surface area contributed by atoms with Gasteiger partial charge in [0.05, 0.1) is 26.0 Å². The van der Waals surface area contributed by atoms with Crippen LogP contribution in [0.1, 0.15) is 25.2 Å². The number of nitrogens with one attached hydrogen (secondary N) is 1. The van der Waals surface area contributed by atoms with E-state index in [4.69, 9.17) is 13.5 Å². The SMILES string of the molecule is CCOP(=O)(OCC)c1cc(C)cnc1NCc1ccco1. The molecule has 0 aliphatic rings. The van der Waals surface area contributed by atoms with Crippen molar-refractivity contribution >= 4 is 18.7 Å². The van der Waals surface area contributed by atoms with Gasteiger partial charge < -0.3 is 18.8 Å². The van der Waals surface area contributed by atoms with Gasteiger partial charge in [-0.2, -0.15) is 0 Å². The van der Waals surface area contributed by atoms with Crippen molar-refractivity contribution in [2.75, 3.05) is 18.5 Å². The summed E-state index contributed by atoms with van der Waals surface area (Å²) in [5.74, 6) is 1.24. The molecule has 120 valence electrons. The van der Waals surface area contributed by atoms with Crippen LogP contribution in [0, 0.1) is 6.92 Å². The van der Waals surface area contributed by atoms with Gasteiger partial charge in [-0.1, -0.05) is 0 Å². The Labute approximate surface area is 130 Å². The van der Waals surface area contributed by atoms with Gasteiger partial charge in [0.2, 0.25) is 0 Å². The molecule has 1 N–H and O–H groups in total. The molecule has 0 saturated carbocycles. The molecule has 6 nitrogen and oxygen atoms in total. The van der Waals surface area contributed by atoms with E-state index in [9.17, 15) is 4.57 Å². The van der Waals surface area contributed by atoms with E-state index >= 15 is 0 Å². The Hall–Kier alpha value is -1.62. The van der Waals surface area contributed by atoms with Crippen LogP contribution in [0.15, 0.2) is 35.1 Å². The van der Waals surface area contributed by atoms with Gasteiger partial charge in [0, 0.05) is 6.20 Å². The number of furan rings is 1. The highest BCUT2D eigenvalue weighted by Crippen LogP contribution is 2.48. The van der Waals surface area contributed by atoms with Crippen molar-refractivity contribution in [1.82, 2.24) is 4.98 Å². The summed E-state index contributed by atoms with van der Waals surface area (Å²) in [5, 5.41) is 3.58. The van der Waals surface area contributed by atoms with Gasteiger partial charge >= 0.3 is 7.60 Å². The average molecular weight is 324 g/mol. The average Bonchev–Trinajstić information content (AvgIpc) is 3.00. The Morgan fingerprint density at radius 3 is 2.64 bits per heavy atom. The molecule has 7 heteroatoms. The van der Waals surface area contributed by atoms with Gasteiger partial charge in [0.25, 0.3) is 0 Å². The molecule has 0 radical (unpaired) electrons. The number of hydrogen-bond donors (Lipinski definition) is 1. The Morgan fingerprint density at radius 2 is 2.05 bits per heavy atom. The van der Waals surface area contributed by atoms with Gasteiger partial charge in [0.1, 0.15) is 16.9 Å². The summed E-state index contributed by atoms with van der Waals surface area (Å²) in [6.07, 6.45) is 3.31. The maximum atomic E-state index is 13.0. The van der Waals surface area contributed by atoms with Crippen LogP contribution < -0.4 is 10.6 Å². The first-order chi connectivity index (χ1) is 10.6. The van der Waals surface area contributed by atoms with E-state index < -0.39 is 7.60 Å². The molecule has 0 spiro atoms. The lowest BCUT2D eigenvalue weighted by Crippen LogP contribution is -2.18. The molecule has 0 bridgehead atoms. The van der Waals surface area contributed by atoms with Gasteiger partial charge in [-0.25, -0.2) is 4.98 Å². The zero-order valence-electron chi connectivity index (χ0n) is 13.0. The maximum Gasteiger partial charge on any atom is 0.365 e. The minimum absolute atomic E-state index is 0.294. The third-order valence-corrected chi connectivity index (χ3v) is 5.03. The summed E-state index contributed by atoms with van der Waals surface area (Å²) in [7, 11) is -3.40. The minimum atomic E-state index is -3.40. The van der Waals surface area contributed by atoms with E-state index in [0.717, 1.165) is 11.3 Å². The third kappa shape index (κ3) is 3.97. The van der Waals surface area contributed by atoms with Crippen molar-refractivity contribution in [3.63, 3.8) is 0 Å². The summed E-state index contributed by atoms with van der Waals surface area (Å²) >= 11 is 0. The Kier molecular flexibility index (Phi) is 5.77. The van der Waals surface area contributed by atoms with Gasteiger partial charge in [0.15, 0.2) is 0 Å². The minimum Gasteiger partial charge on any atom is -0.467 e. The third-order valence-electron chi connectivity index (χ3n) is 2.91. The van der Waals surface area contributed by atoms with E-state index in [2.05, 4.69) is 10.3 Å². The summed E-state index contributed by atoms with van der Waals surface area (Å²) in [6, 6.07) is 5.45. The van der Waals surface area contributed by atoms with Crippen LogP contribution in [-0.4, -0.2) is 18.2 Å². The molecule has 2 aromatic heterocycles. The molecular formula is C15H21N2O4P. The quantitative estimate of drug-likeness (QED) is 0.749. The van der Waals surface area contributed by atoms with Crippen molar-refractivity contribution in [2.24, 2.45) is 0 Å². The van der Waals surface area contributed by atoms with E-state index in [1.54, 1.807) is 32.4 Å². The van der Waals surface area contributed by atoms with Crippen LogP contribution >= 0.6 is 7.60 Å². The van der Waals surface area contributed by atoms with Crippen LogP contribution in [0.4, 0.5) is 5.82 Å². The normalized spacial score (nSPS) is 11.6. The molecule has 0 aliphatic carbocycles. The molecule has 0 unspecified atom stereocenters. The number of anilines is 1. The van der Waals surface area contributed by atoms with Crippen LogP contribution in [0.3, 0.4) is 0 Å². The fourth-order valence-corrected chi connectivity index (χ4v) is 3.79. The Morgan fingerprint density at radius 1 is 1.32 bits per heavy atom. The maximum absolute atomic E-state index is 13.0. The molecule has 0 aliphatic heterocycles. The zero-order chi connectivity index (χ0) is 16.0. The summed E-state index contributed by atoms with van der Waals surface area (Å²) in [4.78, 5) is 4.32. The Balaban J connectivity index is 2.31. The van der Waals surface area contributed by atoms with Gasteiger partial charge in [-0.15, -0.1) is 0 Å². The highest BCUT2D eigenvalue weighted by Gasteiger charge is 2.30. The van der Waals surface area contributed by atoms with Gasteiger partial charge in [-0.05, 0) is 44.5 Å². The molecule has 0 atom stereocenters. The summed E-state index contributed by atoms with van der Waals surface area (Å²) < 4.78 is 29.1. The van der Waals surface area contributed by atoms with E-state index in [1.807, 2.05) is 19.1 Å². The van der Waals surface area contributed by atoms with Crippen LogP contribution in [0.5, 0.6) is 0 Å². The Bertz CT molecular complexity index is 633. The standard InChI is InChI=1S/C15H21N2O4P/c1-4-20-22(18,21-5-2)14-9-12(3)10-16-15(14)17-11-13-7-6-8-19-13/h6-10H,4-5,11H2,1-3H3,(H,16,17). The number of nitrogens with zero attached hydrogens (tertiary/aromatic N) is 1. The number of hydrogen-bond acceptors (Lipinski definition) is 6. The topological polar surface area (TPSA) is 73.6 Å². The second kappa shape index (κ2) is 7.58. The molecule has 2 aromatic rings. The first kappa shape index (κ1) is 16.7. The molecule has 0 aromatic carbocycles. The molecule has 22 heavy (non-hydrogen) atoms. The number of aromatic nitrogens is 1. The van der Waals surface area contributed by atoms with E-state index in [1.165, 1.54) is 0 Å². The second-order valence-electron chi connectivity index (χ2n) is 4.65. The lowest BCUT2D eigenvalue weighted by atomic mass is 10.3. The van der Waals surface area contributed by atoms with E-state index in [-0.39, 0.29) is 0 Å². The van der Waals surface area contributed by atoms with Crippen molar-refractivity contribution in [3.05, 3.63) is 42.0 Å². The fraction of sp³-hybridized carbons (Fsp3) is 0.400. The van der Waals surface area contributed by atoms with Crippen LogP contribution in [-0.2, 0) is 20.2 Å². The monoisotopic (exact) mass is 324 g/mol. The molecule has 0 fully saturated rings. The zero-order valence-corrected chi connectivity index (χ0v) is 13.9. The van der Waals surface area contributed by atoms with Gasteiger partial charge in [-0.3, -0.25) is 4.57 Å². The highest BCUT2D eigenvalue weighted by molar-refractivity contribution is 7.62. The highest BCUT2D eigenvalue weighted by atomic mass is 31.2. The molecule has 2 rings (SSSR count). The largest absolute Gasteiger partial charge is 0.467 e. The van der Waals surface area contributed by atoms with Crippen molar-refractivity contribution < 1.29 is 18.0 Å². The lowest BCUT2D eigenvalue weighted by Gasteiger charge is -2.20. The predicted molar refractivity (Wildman–Crippen MR) is 85.5 cm³/mol. The second-order valence-corrected chi connectivity index (χ2v) is 6.64. The molecule has 2 heterocycles. The molecular weight excluding hydrogens is 303 g/mol. The fourth-order valence-electron chi connectivity index (χ4n) is 2.00. The number of pyridine rings is 1. The smallest absolute Gasteiger partial charge is 0.365 e. The van der Waals surface area contributed by atoms with Crippen molar-refractivity contribution in [2.45, 2.75) is 27.3 Å². The van der Waals surface area contributed by atoms with Crippen LogP contribution in [0.2, 0.25) is 0 Å².